The van der Waals surface area contributed by atoms with Gasteiger partial charge in [-0.15, -0.1) is 0 Å². The van der Waals surface area contributed by atoms with Crippen LogP contribution in [0, 0.1) is 6.92 Å². The molecule has 0 bridgehead atoms. The molecule has 0 unspecified atom stereocenters. The summed E-state index contributed by atoms with van der Waals surface area (Å²) < 4.78 is 10.6. The minimum absolute atomic E-state index is 0.116. The Bertz CT molecular complexity index is 1260. The van der Waals surface area contributed by atoms with E-state index < -0.39 is 5.97 Å². The summed E-state index contributed by atoms with van der Waals surface area (Å²) in [6.45, 7) is 2.56. The Morgan fingerprint density at radius 2 is 1.79 bits per heavy atom. The molecule has 0 saturated carbocycles. The molecule has 0 N–H and O–H groups in total. The van der Waals surface area contributed by atoms with Crippen molar-refractivity contribution in [3.63, 3.8) is 0 Å². The minimum atomic E-state index is -0.404. The number of aliphatic imine (C=N–C) groups is 1. The van der Waals surface area contributed by atoms with E-state index in [-0.39, 0.29) is 5.91 Å². The SMILES string of the molecule is COC(=O)c1ccc(N=C2SC(=Cc3ccc(OCc4cccc(C)c4)cc3)C(=O)N2C)cc1. The van der Waals surface area contributed by atoms with E-state index >= 15 is 0 Å². The molecule has 1 amide bonds. The first-order valence-corrected chi connectivity index (χ1v) is 11.5. The quantitative estimate of drug-likeness (QED) is 0.345. The number of ether oxygens (including phenoxy) is 2. The van der Waals surface area contributed by atoms with Gasteiger partial charge in [0, 0.05) is 7.05 Å². The number of rotatable bonds is 6. The maximum Gasteiger partial charge on any atom is 0.337 e. The van der Waals surface area contributed by atoms with Crippen LogP contribution in [0.4, 0.5) is 5.69 Å². The average Bonchev–Trinajstić information content (AvgIpc) is 3.11. The smallest absolute Gasteiger partial charge is 0.337 e. The molecule has 0 atom stereocenters. The summed E-state index contributed by atoms with van der Waals surface area (Å²) in [5, 5.41) is 0.570. The lowest BCUT2D eigenvalue weighted by atomic mass is 10.1. The zero-order valence-corrected chi connectivity index (χ0v) is 20.0. The fourth-order valence-corrected chi connectivity index (χ4v) is 4.32. The Labute approximate surface area is 202 Å². The number of esters is 1. The second-order valence-electron chi connectivity index (χ2n) is 7.75. The number of thioether (sulfide) groups is 1. The lowest BCUT2D eigenvalue weighted by Crippen LogP contribution is -2.23. The largest absolute Gasteiger partial charge is 0.489 e. The van der Waals surface area contributed by atoms with Crippen LogP contribution in [0.15, 0.2) is 82.7 Å². The highest BCUT2D eigenvalue weighted by atomic mass is 32.2. The molecule has 3 aromatic rings. The van der Waals surface area contributed by atoms with E-state index in [4.69, 9.17) is 9.47 Å². The predicted molar refractivity (Wildman–Crippen MR) is 135 cm³/mol. The Balaban J connectivity index is 1.43. The van der Waals surface area contributed by atoms with Crippen molar-refractivity contribution in [2.45, 2.75) is 13.5 Å². The van der Waals surface area contributed by atoms with E-state index in [0.717, 1.165) is 16.9 Å². The van der Waals surface area contributed by atoms with Gasteiger partial charge in [0.25, 0.3) is 5.91 Å². The zero-order valence-electron chi connectivity index (χ0n) is 19.1. The summed E-state index contributed by atoms with van der Waals surface area (Å²) in [7, 11) is 3.03. The Morgan fingerprint density at radius 3 is 2.47 bits per heavy atom. The Morgan fingerprint density at radius 1 is 1.06 bits per heavy atom. The van der Waals surface area contributed by atoms with Crippen LogP contribution in [0.25, 0.3) is 6.08 Å². The summed E-state index contributed by atoms with van der Waals surface area (Å²) in [6, 6.07) is 22.6. The molecule has 1 heterocycles. The van der Waals surface area contributed by atoms with Crippen LogP contribution in [0.1, 0.15) is 27.0 Å². The molecule has 1 fully saturated rings. The number of likely N-dealkylation sites (N-methyl/N-ethyl adjacent to an activating group) is 1. The minimum Gasteiger partial charge on any atom is -0.489 e. The molecule has 7 heteroatoms. The van der Waals surface area contributed by atoms with E-state index in [2.05, 4.69) is 24.0 Å². The van der Waals surface area contributed by atoms with Gasteiger partial charge in [-0.25, -0.2) is 9.79 Å². The van der Waals surface area contributed by atoms with Gasteiger partial charge >= 0.3 is 5.97 Å². The molecule has 6 nitrogen and oxygen atoms in total. The summed E-state index contributed by atoms with van der Waals surface area (Å²) in [5.74, 6) is 0.247. The third-order valence-electron chi connectivity index (χ3n) is 5.18. The van der Waals surface area contributed by atoms with Gasteiger partial charge in [-0.05, 0) is 72.3 Å². The van der Waals surface area contributed by atoms with E-state index in [9.17, 15) is 9.59 Å². The topological polar surface area (TPSA) is 68.2 Å². The number of benzene rings is 3. The summed E-state index contributed by atoms with van der Waals surface area (Å²) in [6.07, 6.45) is 1.84. The molecule has 1 saturated heterocycles. The molecule has 0 aromatic heterocycles. The molecular weight excluding hydrogens is 448 g/mol. The molecule has 34 heavy (non-hydrogen) atoms. The van der Waals surface area contributed by atoms with Gasteiger partial charge in [0.15, 0.2) is 5.17 Å². The number of aryl methyl sites for hydroxylation is 1. The first kappa shape index (κ1) is 23.3. The predicted octanol–water partition coefficient (Wildman–Crippen LogP) is 5.59. The number of nitrogens with zero attached hydrogens (tertiary/aromatic N) is 2. The summed E-state index contributed by atoms with van der Waals surface area (Å²) >= 11 is 1.31. The molecule has 0 spiro atoms. The van der Waals surface area contributed by atoms with Crippen molar-refractivity contribution in [1.29, 1.82) is 0 Å². The monoisotopic (exact) mass is 472 g/mol. The molecule has 1 aliphatic heterocycles. The van der Waals surface area contributed by atoms with Gasteiger partial charge < -0.3 is 9.47 Å². The fourth-order valence-electron chi connectivity index (χ4n) is 3.33. The Kier molecular flexibility index (Phi) is 7.13. The van der Waals surface area contributed by atoms with Crippen LogP contribution >= 0.6 is 11.8 Å². The van der Waals surface area contributed by atoms with Crippen molar-refractivity contribution >= 4 is 40.6 Å². The highest BCUT2D eigenvalue weighted by Gasteiger charge is 2.30. The van der Waals surface area contributed by atoms with Crippen molar-refractivity contribution in [1.82, 2.24) is 4.90 Å². The van der Waals surface area contributed by atoms with Gasteiger partial charge in [0.1, 0.15) is 12.4 Å². The number of carbonyl (C=O) groups is 2. The van der Waals surface area contributed by atoms with Gasteiger partial charge in [0.2, 0.25) is 0 Å². The highest BCUT2D eigenvalue weighted by molar-refractivity contribution is 8.18. The van der Waals surface area contributed by atoms with Crippen LogP contribution in [0.3, 0.4) is 0 Å². The zero-order chi connectivity index (χ0) is 24.1. The van der Waals surface area contributed by atoms with Gasteiger partial charge in [-0.3, -0.25) is 9.69 Å². The van der Waals surface area contributed by atoms with Crippen LogP contribution in [-0.4, -0.2) is 36.1 Å². The lowest BCUT2D eigenvalue weighted by Gasteiger charge is -2.07. The number of carbonyl (C=O) groups excluding carboxylic acids is 2. The first-order valence-electron chi connectivity index (χ1n) is 10.7. The van der Waals surface area contributed by atoms with Crippen molar-refractivity contribution in [2.24, 2.45) is 4.99 Å². The fraction of sp³-hybridized carbons (Fsp3) is 0.148. The van der Waals surface area contributed by atoms with Crippen LogP contribution in [0.2, 0.25) is 0 Å². The van der Waals surface area contributed by atoms with Crippen molar-refractivity contribution in [2.75, 3.05) is 14.2 Å². The molecular formula is C27H24N2O4S. The second-order valence-corrected chi connectivity index (χ2v) is 8.76. The average molecular weight is 473 g/mol. The third-order valence-corrected chi connectivity index (χ3v) is 6.24. The van der Waals surface area contributed by atoms with Crippen LogP contribution < -0.4 is 4.74 Å². The molecule has 4 rings (SSSR count). The van der Waals surface area contributed by atoms with Crippen molar-refractivity contribution in [3.05, 3.63) is 100.0 Å². The normalized spacial score (nSPS) is 15.7. The highest BCUT2D eigenvalue weighted by Crippen LogP contribution is 2.33. The van der Waals surface area contributed by atoms with E-state index in [1.165, 1.54) is 29.3 Å². The number of hydrogen-bond donors (Lipinski definition) is 0. The molecule has 3 aromatic carbocycles. The van der Waals surface area contributed by atoms with E-state index in [0.29, 0.717) is 27.9 Å². The number of amides is 1. The summed E-state index contributed by atoms with van der Waals surface area (Å²) in [4.78, 5) is 31.0. The number of amidine groups is 1. The lowest BCUT2D eigenvalue weighted by molar-refractivity contribution is -0.121. The molecule has 172 valence electrons. The molecule has 0 aliphatic carbocycles. The second kappa shape index (κ2) is 10.4. The summed E-state index contributed by atoms with van der Waals surface area (Å²) in [5.41, 5.74) is 4.31. The number of hydrogen-bond acceptors (Lipinski definition) is 6. The van der Waals surface area contributed by atoms with Gasteiger partial charge in [-0.2, -0.15) is 0 Å². The van der Waals surface area contributed by atoms with Crippen molar-refractivity contribution in [3.8, 4) is 5.75 Å². The third kappa shape index (κ3) is 5.55. The van der Waals surface area contributed by atoms with E-state index in [1.54, 1.807) is 31.3 Å². The van der Waals surface area contributed by atoms with Gasteiger partial charge in [-0.1, -0.05) is 42.0 Å². The van der Waals surface area contributed by atoms with Crippen LogP contribution in [-0.2, 0) is 16.1 Å². The van der Waals surface area contributed by atoms with Crippen molar-refractivity contribution < 1.29 is 19.1 Å². The maximum atomic E-state index is 12.7. The van der Waals surface area contributed by atoms with E-state index in [1.807, 2.05) is 42.5 Å². The Hall–Kier alpha value is -3.84. The molecule has 1 aliphatic rings. The van der Waals surface area contributed by atoms with Crippen LogP contribution in [0.5, 0.6) is 5.75 Å². The first-order chi connectivity index (χ1) is 16.4. The molecule has 0 radical (unpaired) electrons. The number of methoxy groups -OCH3 is 1. The standard InChI is InChI=1S/C27H24N2O4S/c1-18-5-4-6-20(15-18)17-33-23-13-7-19(8-14-23)16-24-25(30)29(2)27(34-24)28-22-11-9-21(10-12-22)26(31)32-3/h4-16H,17H2,1-3H3. The van der Waals surface area contributed by atoms with Gasteiger partial charge in [0.05, 0.1) is 23.3 Å². The maximum absolute atomic E-state index is 12.7.